The van der Waals surface area contributed by atoms with Crippen LogP contribution in [0.2, 0.25) is 5.02 Å². The van der Waals surface area contributed by atoms with Gasteiger partial charge in [0.1, 0.15) is 0 Å². The summed E-state index contributed by atoms with van der Waals surface area (Å²) in [7, 11) is 0. The minimum Gasteiger partial charge on any atom is -0.329 e. The number of halogens is 1. The van der Waals surface area contributed by atoms with E-state index >= 15 is 0 Å². The minimum atomic E-state index is -0.159. The second kappa shape index (κ2) is 6.81. The molecule has 1 aromatic carbocycles. The molecule has 0 saturated carbocycles. The Morgan fingerprint density at radius 1 is 1.32 bits per heavy atom. The van der Waals surface area contributed by atoms with Crippen molar-refractivity contribution >= 4 is 17.5 Å². The molecule has 0 bridgehead atoms. The molecule has 134 valence electrons. The molecule has 25 heavy (non-hydrogen) atoms. The van der Waals surface area contributed by atoms with E-state index in [1.807, 2.05) is 40.8 Å². The molecule has 1 fully saturated rings. The summed E-state index contributed by atoms with van der Waals surface area (Å²) in [6.45, 7) is 10.3. The van der Waals surface area contributed by atoms with Gasteiger partial charge in [0.05, 0.1) is 23.3 Å². The Morgan fingerprint density at radius 2 is 2.04 bits per heavy atom. The van der Waals surface area contributed by atoms with Gasteiger partial charge in [-0.15, -0.1) is 0 Å². The highest BCUT2D eigenvalue weighted by molar-refractivity contribution is 6.31. The van der Waals surface area contributed by atoms with Crippen molar-refractivity contribution in [2.45, 2.75) is 39.3 Å². The third-order valence-electron chi connectivity index (χ3n) is 4.64. The maximum Gasteiger partial charge on any atom is 0.257 e. The van der Waals surface area contributed by atoms with Gasteiger partial charge in [-0.2, -0.15) is 5.10 Å². The largest absolute Gasteiger partial charge is 0.329 e. The first-order chi connectivity index (χ1) is 11.8. The van der Waals surface area contributed by atoms with Crippen molar-refractivity contribution in [2.75, 3.05) is 19.6 Å². The molecule has 1 unspecified atom stereocenters. The highest BCUT2D eigenvalue weighted by Crippen LogP contribution is 2.30. The third-order valence-corrected chi connectivity index (χ3v) is 4.99. The lowest BCUT2D eigenvalue weighted by atomic mass is 10.0. The molecule has 0 spiro atoms. The van der Waals surface area contributed by atoms with Crippen molar-refractivity contribution in [3.63, 3.8) is 0 Å². The summed E-state index contributed by atoms with van der Waals surface area (Å²) >= 11 is 6.39. The minimum absolute atomic E-state index is 0.0134. The normalized spacial score (nSPS) is 18.4. The molecule has 1 saturated heterocycles. The fraction of sp³-hybridized carbons (Fsp3) is 0.474. The van der Waals surface area contributed by atoms with Gasteiger partial charge in [-0.05, 0) is 39.3 Å². The first kappa shape index (κ1) is 18.0. The number of aromatic nitrogens is 2. The van der Waals surface area contributed by atoms with E-state index in [-0.39, 0.29) is 17.5 Å². The van der Waals surface area contributed by atoms with Crippen LogP contribution in [0.5, 0.6) is 0 Å². The average molecular weight is 361 g/mol. The monoisotopic (exact) mass is 360 g/mol. The van der Waals surface area contributed by atoms with Crippen molar-refractivity contribution in [3.05, 3.63) is 52.3 Å². The fourth-order valence-corrected chi connectivity index (χ4v) is 3.68. The van der Waals surface area contributed by atoms with Crippen molar-refractivity contribution in [1.29, 1.82) is 0 Å². The van der Waals surface area contributed by atoms with E-state index in [1.54, 1.807) is 6.20 Å². The first-order valence-electron chi connectivity index (χ1n) is 8.62. The fourth-order valence-electron chi connectivity index (χ4n) is 3.42. The van der Waals surface area contributed by atoms with Gasteiger partial charge in [-0.3, -0.25) is 9.48 Å². The number of nitrogens with zero attached hydrogens (tertiary/aromatic N) is 3. The SMILES string of the molecule is Cc1c(C(=O)N2CCNCC2c2ccccc2Cl)cnn1C(C)(C)C. The van der Waals surface area contributed by atoms with E-state index < -0.39 is 0 Å². The van der Waals surface area contributed by atoms with Gasteiger partial charge >= 0.3 is 0 Å². The second-order valence-electron chi connectivity index (χ2n) is 7.47. The van der Waals surface area contributed by atoms with Crippen molar-refractivity contribution < 1.29 is 4.79 Å². The van der Waals surface area contributed by atoms with Crippen LogP contribution in [-0.4, -0.2) is 40.2 Å². The summed E-state index contributed by atoms with van der Waals surface area (Å²) in [5.41, 5.74) is 2.38. The summed E-state index contributed by atoms with van der Waals surface area (Å²) in [5.74, 6) is 0.0134. The lowest BCUT2D eigenvalue weighted by molar-refractivity contribution is 0.0633. The highest BCUT2D eigenvalue weighted by atomic mass is 35.5. The van der Waals surface area contributed by atoms with Crippen molar-refractivity contribution in [1.82, 2.24) is 20.0 Å². The zero-order chi connectivity index (χ0) is 18.2. The number of benzene rings is 1. The number of rotatable bonds is 2. The summed E-state index contributed by atoms with van der Waals surface area (Å²) in [6.07, 6.45) is 1.69. The maximum atomic E-state index is 13.3. The number of carbonyl (C=O) groups excluding carboxylic acids is 1. The molecule has 6 heteroatoms. The Bertz CT molecular complexity index is 778. The van der Waals surface area contributed by atoms with Crippen LogP contribution in [0.15, 0.2) is 30.5 Å². The summed E-state index contributed by atoms with van der Waals surface area (Å²) in [6, 6.07) is 7.66. The molecule has 2 aromatic rings. The second-order valence-corrected chi connectivity index (χ2v) is 7.87. The summed E-state index contributed by atoms with van der Waals surface area (Å²) in [5, 5.41) is 8.50. The number of carbonyl (C=O) groups is 1. The molecule has 1 N–H and O–H groups in total. The molecule has 3 rings (SSSR count). The Labute approximate surface area is 154 Å². The average Bonchev–Trinajstić information content (AvgIpc) is 2.96. The van der Waals surface area contributed by atoms with Crippen LogP contribution in [0.4, 0.5) is 0 Å². The van der Waals surface area contributed by atoms with Crippen molar-refractivity contribution in [2.24, 2.45) is 0 Å². The molecule has 2 heterocycles. The molecule has 1 amide bonds. The van der Waals surface area contributed by atoms with E-state index in [0.29, 0.717) is 23.7 Å². The quantitative estimate of drug-likeness (QED) is 0.893. The van der Waals surface area contributed by atoms with Crippen LogP contribution in [0, 0.1) is 6.92 Å². The number of amides is 1. The van der Waals surface area contributed by atoms with Gasteiger partial charge in [0, 0.05) is 30.4 Å². The van der Waals surface area contributed by atoms with Gasteiger partial charge < -0.3 is 10.2 Å². The molecule has 0 aliphatic carbocycles. The Morgan fingerprint density at radius 3 is 2.68 bits per heavy atom. The van der Waals surface area contributed by atoms with E-state index in [2.05, 4.69) is 31.2 Å². The van der Waals surface area contributed by atoms with Crippen LogP contribution >= 0.6 is 11.6 Å². The van der Waals surface area contributed by atoms with Gasteiger partial charge in [0.2, 0.25) is 0 Å². The van der Waals surface area contributed by atoms with E-state index in [9.17, 15) is 4.79 Å². The smallest absolute Gasteiger partial charge is 0.257 e. The Balaban J connectivity index is 1.95. The van der Waals surface area contributed by atoms with Crippen LogP contribution in [0.25, 0.3) is 0 Å². The van der Waals surface area contributed by atoms with Crippen LogP contribution in [0.1, 0.15) is 48.4 Å². The van der Waals surface area contributed by atoms with Crippen LogP contribution < -0.4 is 5.32 Å². The van der Waals surface area contributed by atoms with Crippen LogP contribution in [0.3, 0.4) is 0 Å². The van der Waals surface area contributed by atoms with Gasteiger partial charge in [-0.25, -0.2) is 0 Å². The standard InChI is InChI=1S/C19H25ClN4O/c1-13-15(11-22-24(13)19(2,3)4)18(25)23-10-9-21-12-17(23)14-7-5-6-8-16(14)20/h5-8,11,17,21H,9-10,12H2,1-4H3. The number of hydrogen-bond acceptors (Lipinski definition) is 3. The Hall–Kier alpha value is -1.85. The zero-order valence-electron chi connectivity index (χ0n) is 15.2. The van der Waals surface area contributed by atoms with E-state index in [4.69, 9.17) is 11.6 Å². The summed E-state index contributed by atoms with van der Waals surface area (Å²) < 4.78 is 1.91. The van der Waals surface area contributed by atoms with E-state index in [1.165, 1.54) is 0 Å². The number of hydrogen-bond donors (Lipinski definition) is 1. The zero-order valence-corrected chi connectivity index (χ0v) is 16.0. The topological polar surface area (TPSA) is 50.2 Å². The molecule has 1 aromatic heterocycles. The molecule has 0 radical (unpaired) electrons. The molecule has 5 nitrogen and oxygen atoms in total. The highest BCUT2D eigenvalue weighted by Gasteiger charge is 2.32. The molecule has 1 atom stereocenters. The van der Waals surface area contributed by atoms with Crippen molar-refractivity contribution in [3.8, 4) is 0 Å². The van der Waals surface area contributed by atoms with Crippen LogP contribution in [-0.2, 0) is 5.54 Å². The molecular formula is C19H25ClN4O. The molecule has 1 aliphatic rings. The lowest BCUT2D eigenvalue weighted by Crippen LogP contribution is -2.48. The maximum absolute atomic E-state index is 13.3. The number of piperazine rings is 1. The predicted octanol–water partition coefficient (Wildman–Crippen LogP) is 3.39. The predicted molar refractivity (Wildman–Crippen MR) is 100 cm³/mol. The molecular weight excluding hydrogens is 336 g/mol. The van der Waals surface area contributed by atoms with Gasteiger partial charge in [0.15, 0.2) is 0 Å². The third kappa shape index (κ3) is 3.44. The molecule has 1 aliphatic heterocycles. The lowest BCUT2D eigenvalue weighted by Gasteiger charge is -2.37. The van der Waals surface area contributed by atoms with E-state index in [0.717, 1.165) is 17.8 Å². The first-order valence-corrected chi connectivity index (χ1v) is 8.99. The van der Waals surface area contributed by atoms with Gasteiger partial charge in [-0.1, -0.05) is 29.8 Å². The van der Waals surface area contributed by atoms with Gasteiger partial charge in [0.25, 0.3) is 5.91 Å². The Kier molecular flexibility index (Phi) is 4.89. The number of nitrogens with one attached hydrogen (secondary N) is 1. The summed E-state index contributed by atoms with van der Waals surface area (Å²) in [4.78, 5) is 15.2.